The van der Waals surface area contributed by atoms with Crippen LogP contribution in [0.2, 0.25) is 0 Å². The number of rotatable bonds is 6. The number of aromatic nitrogens is 2. The zero-order valence-corrected chi connectivity index (χ0v) is 18.8. The maximum Gasteiger partial charge on any atom is 0.241 e. The van der Waals surface area contributed by atoms with Crippen LogP contribution in [0.1, 0.15) is 41.8 Å². The van der Waals surface area contributed by atoms with Crippen LogP contribution in [0, 0.1) is 6.92 Å². The van der Waals surface area contributed by atoms with Gasteiger partial charge < -0.3 is 0 Å². The zero-order valence-electron chi connectivity index (χ0n) is 17.2. The Balaban J connectivity index is 1.58. The molecule has 2 aliphatic rings. The Morgan fingerprint density at radius 1 is 1.16 bits per heavy atom. The van der Waals surface area contributed by atoms with E-state index in [0.717, 1.165) is 29.0 Å². The van der Waals surface area contributed by atoms with Gasteiger partial charge in [0, 0.05) is 5.54 Å². The first kappa shape index (κ1) is 20.3. The van der Waals surface area contributed by atoms with E-state index in [0.29, 0.717) is 17.2 Å². The second kappa shape index (κ2) is 7.22. The number of carbonyl (C=O) groups is 1. The van der Waals surface area contributed by atoms with Crippen molar-refractivity contribution in [1.82, 2.24) is 14.9 Å². The highest BCUT2D eigenvalue weighted by Gasteiger charge is 2.43. The second-order valence-electron chi connectivity index (χ2n) is 8.41. The number of nitrogens with zero attached hydrogens (tertiary/aromatic N) is 3. The summed E-state index contributed by atoms with van der Waals surface area (Å²) in [6.45, 7) is 3.72. The van der Waals surface area contributed by atoms with Gasteiger partial charge in [-0.3, -0.25) is 9.69 Å². The van der Waals surface area contributed by atoms with Gasteiger partial charge in [0.2, 0.25) is 21.1 Å². The van der Waals surface area contributed by atoms with E-state index in [-0.39, 0.29) is 16.3 Å². The lowest BCUT2D eigenvalue weighted by molar-refractivity contribution is -0.118. The maximum atomic E-state index is 13.5. The predicted molar refractivity (Wildman–Crippen MR) is 119 cm³/mol. The van der Waals surface area contributed by atoms with Crippen LogP contribution < -0.4 is 9.62 Å². The Bertz CT molecular complexity index is 1270. The molecule has 1 aromatic heterocycles. The van der Waals surface area contributed by atoms with Crippen molar-refractivity contribution in [2.24, 2.45) is 0 Å². The Morgan fingerprint density at radius 2 is 1.90 bits per heavy atom. The molecule has 7 nitrogen and oxygen atoms in total. The number of hydrogen-bond acceptors (Lipinski definition) is 6. The minimum absolute atomic E-state index is 0.119. The van der Waals surface area contributed by atoms with E-state index in [1.165, 1.54) is 16.2 Å². The van der Waals surface area contributed by atoms with Crippen LogP contribution in [0.4, 0.5) is 10.8 Å². The molecule has 1 N–H and O–H groups in total. The molecule has 3 aromatic rings. The van der Waals surface area contributed by atoms with Crippen molar-refractivity contribution >= 4 is 38.1 Å². The number of aryl methyl sites for hydroxylation is 1. The monoisotopic (exact) mass is 454 g/mol. The molecule has 2 heterocycles. The van der Waals surface area contributed by atoms with E-state index in [1.54, 1.807) is 18.2 Å². The zero-order chi connectivity index (χ0) is 21.8. The predicted octanol–water partition coefficient (Wildman–Crippen LogP) is 3.68. The van der Waals surface area contributed by atoms with Crippen molar-refractivity contribution < 1.29 is 13.2 Å². The summed E-state index contributed by atoms with van der Waals surface area (Å²) in [7, 11) is -3.69. The molecule has 0 radical (unpaired) electrons. The van der Waals surface area contributed by atoms with Crippen LogP contribution in [-0.2, 0) is 21.2 Å². The number of benzene rings is 2. The Morgan fingerprint density at radius 3 is 2.55 bits per heavy atom. The lowest BCUT2D eigenvalue weighted by Gasteiger charge is -2.16. The van der Waals surface area contributed by atoms with Gasteiger partial charge in [-0.1, -0.05) is 47.7 Å². The number of nitrogens with one attached hydrogen (secondary N) is 1. The van der Waals surface area contributed by atoms with Gasteiger partial charge in [0.25, 0.3) is 0 Å². The highest BCUT2D eigenvalue weighted by molar-refractivity contribution is 7.89. The van der Waals surface area contributed by atoms with E-state index < -0.39 is 15.9 Å². The largest absolute Gasteiger partial charge is 0.273 e. The van der Waals surface area contributed by atoms with Gasteiger partial charge in [0.15, 0.2) is 0 Å². The van der Waals surface area contributed by atoms with Crippen LogP contribution in [0.3, 0.4) is 0 Å². The van der Waals surface area contributed by atoms with Gasteiger partial charge in [0.05, 0.1) is 16.5 Å². The Labute approximate surface area is 185 Å². The Kier molecular flexibility index (Phi) is 4.72. The number of carbonyl (C=O) groups excluding carboxylic acids is 1. The van der Waals surface area contributed by atoms with E-state index in [4.69, 9.17) is 0 Å². The summed E-state index contributed by atoms with van der Waals surface area (Å²) in [4.78, 5) is 15.1. The fourth-order valence-electron chi connectivity index (χ4n) is 3.88. The molecule has 0 bridgehead atoms. The summed E-state index contributed by atoms with van der Waals surface area (Å²) in [6.07, 6.45) is 2.18. The van der Waals surface area contributed by atoms with Crippen LogP contribution in [0.25, 0.3) is 0 Å². The van der Waals surface area contributed by atoms with Crippen molar-refractivity contribution in [3.63, 3.8) is 0 Å². The second-order valence-corrected chi connectivity index (χ2v) is 11.2. The van der Waals surface area contributed by atoms with E-state index >= 15 is 0 Å². The quantitative estimate of drug-likeness (QED) is 0.613. The topological polar surface area (TPSA) is 92.3 Å². The molecule has 1 aliphatic carbocycles. The molecule has 2 aromatic carbocycles. The minimum atomic E-state index is -3.69. The highest BCUT2D eigenvalue weighted by atomic mass is 32.2. The average molecular weight is 455 g/mol. The first-order valence-electron chi connectivity index (χ1n) is 10.1. The molecule has 0 spiro atoms. The van der Waals surface area contributed by atoms with E-state index in [2.05, 4.69) is 14.9 Å². The smallest absolute Gasteiger partial charge is 0.241 e. The standard InChI is InChI=1S/C22H22N4O3S2/c1-14-23-24-21(30-14)26-19-13-16(31(28,29)25-22(2)10-11-22)8-9-17(19)18(20(26)27)12-15-6-4-3-5-7-15/h3-9,13,18,25H,10-12H2,1-2H3. The third-order valence-corrected chi connectivity index (χ3v) is 8.28. The molecule has 1 amide bonds. The molecular weight excluding hydrogens is 432 g/mol. The lowest BCUT2D eigenvalue weighted by Crippen LogP contribution is -2.34. The first-order valence-corrected chi connectivity index (χ1v) is 12.4. The lowest BCUT2D eigenvalue weighted by atomic mass is 9.93. The molecule has 1 fully saturated rings. The molecule has 1 atom stereocenters. The third-order valence-electron chi connectivity index (χ3n) is 5.82. The minimum Gasteiger partial charge on any atom is -0.273 e. The molecular formula is C22H22N4O3S2. The van der Waals surface area contributed by atoms with Crippen molar-refractivity contribution in [2.45, 2.75) is 49.5 Å². The highest BCUT2D eigenvalue weighted by Crippen LogP contribution is 2.45. The SMILES string of the molecule is Cc1nnc(N2C(=O)C(Cc3ccccc3)c3ccc(S(=O)(=O)NC4(C)CC4)cc32)s1. The normalized spacial score (nSPS) is 19.5. The van der Waals surface area contributed by atoms with Crippen molar-refractivity contribution in [2.75, 3.05) is 4.90 Å². The van der Waals surface area contributed by atoms with Crippen LogP contribution in [0.15, 0.2) is 53.4 Å². The van der Waals surface area contributed by atoms with Crippen LogP contribution in [-0.4, -0.2) is 30.1 Å². The summed E-state index contributed by atoms with van der Waals surface area (Å²) < 4.78 is 28.7. The summed E-state index contributed by atoms with van der Waals surface area (Å²) in [5, 5.41) is 9.40. The molecule has 160 valence electrons. The molecule has 5 rings (SSSR count). The average Bonchev–Trinajstić information content (AvgIpc) is 3.18. The number of amides is 1. The van der Waals surface area contributed by atoms with Crippen molar-refractivity contribution in [1.29, 1.82) is 0 Å². The molecule has 0 saturated heterocycles. The fourth-order valence-corrected chi connectivity index (χ4v) is 6.07. The molecule has 1 aliphatic heterocycles. The Hall–Kier alpha value is -2.62. The number of anilines is 2. The van der Waals surface area contributed by atoms with E-state index in [9.17, 15) is 13.2 Å². The maximum absolute atomic E-state index is 13.5. The number of sulfonamides is 1. The van der Waals surface area contributed by atoms with Crippen molar-refractivity contribution in [3.05, 3.63) is 64.7 Å². The van der Waals surface area contributed by atoms with Gasteiger partial charge >= 0.3 is 0 Å². The third kappa shape index (κ3) is 3.77. The van der Waals surface area contributed by atoms with Gasteiger partial charge in [0.1, 0.15) is 5.01 Å². The summed E-state index contributed by atoms with van der Waals surface area (Å²) in [6, 6.07) is 14.7. The fraction of sp³-hybridized carbons (Fsp3) is 0.318. The van der Waals surface area contributed by atoms with Gasteiger partial charge in [-0.25, -0.2) is 13.1 Å². The molecule has 1 unspecified atom stereocenters. The molecule has 1 saturated carbocycles. The molecule has 9 heteroatoms. The van der Waals surface area contributed by atoms with Gasteiger partial charge in [-0.2, -0.15) is 0 Å². The first-order chi connectivity index (χ1) is 14.8. The van der Waals surface area contributed by atoms with E-state index in [1.807, 2.05) is 44.2 Å². The number of hydrogen-bond donors (Lipinski definition) is 1. The summed E-state index contributed by atoms with van der Waals surface area (Å²) in [5.74, 6) is -0.529. The van der Waals surface area contributed by atoms with Crippen LogP contribution >= 0.6 is 11.3 Å². The van der Waals surface area contributed by atoms with Gasteiger partial charge in [-0.15, -0.1) is 10.2 Å². The number of fused-ring (bicyclic) bond motifs is 1. The van der Waals surface area contributed by atoms with Crippen LogP contribution in [0.5, 0.6) is 0 Å². The van der Waals surface area contributed by atoms with Crippen molar-refractivity contribution in [3.8, 4) is 0 Å². The summed E-state index contributed by atoms with van der Waals surface area (Å²) in [5.41, 5.74) is 2.03. The van der Waals surface area contributed by atoms with Gasteiger partial charge in [-0.05, 0) is 56.4 Å². The molecule has 31 heavy (non-hydrogen) atoms. The summed E-state index contributed by atoms with van der Waals surface area (Å²) >= 11 is 1.31.